The van der Waals surface area contributed by atoms with Crippen molar-refractivity contribution in [3.63, 3.8) is 0 Å². The maximum Gasteiger partial charge on any atom is 0.133 e. The van der Waals surface area contributed by atoms with Gasteiger partial charge in [0.15, 0.2) is 0 Å². The second kappa shape index (κ2) is 5.70. The van der Waals surface area contributed by atoms with Gasteiger partial charge in [0, 0.05) is 4.47 Å². The van der Waals surface area contributed by atoms with Crippen LogP contribution >= 0.6 is 31.9 Å². The van der Waals surface area contributed by atoms with Crippen molar-refractivity contribution >= 4 is 31.9 Å². The largest absolute Gasteiger partial charge is 0.490 e. The zero-order chi connectivity index (χ0) is 10.6. The van der Waals surface area contributed by atoms with Crippen LogP contribution in [0.2, 0.25) is 0 Å². The number of halogens is 2. The van der Waals surface area contributed by atoms with Crippen LogP contribution in [0.3, 0.4) is 0 Å². The number of aliphatic hydroxyl groups is 2. The van der Waals surface area contributed by atoms with Gasteiger partial charge in [-0.05, 0) is 34.1 Å². The van der Waals surface area contributed by atoms with E-state index in [9.17, 15) is 0 Å². The number of hydrogen-bond acceptors (Lipinski definition) is 3. The molecule has 1 rings (SSSR count). The van der Waals surface area contributed by atoms with Crippen molar-refractivity contribution in [1.29, 1.82) is 0 Å². The first kappa shape index (κ1) is 12.0. The minimum Gasteiger partial charge on any atom is -0.490 e. The van der Waals surface area contributed by atoms with Crippen LogP contribution in [0.5, 0.6) is 5.75 Å². The van der Waals surface area contributed by atoms with Crippen molar-refractivity contribution in [2.75, 3.05) is 13.2 Å². The quantitative estimate of drug-likeness (QED) is 0.889. The summed E-state index contributed by atoms with van der Waals surface area (Å²) in [5, 5.41) is 17.6. The van der Waals surface area contributed by atoms with Crippen LogP contribution in [0.4, 0.5) is 0 Å². The number of ether oxygens (including phenoxy) is 1. The molecule has 0 unspecified atom stereocenters. The van der Waals surface area contributed by atoms with Gasteiger partial charge in [-0.2, -0.15) is 0 Å². The van der Waals surface area contributed by atoms with Gasteiger partial charge in [0.05, 0.1) is 11.1 Å². The third-order valence-corrected chi connectivity index (χ3v) is 2.65. The lowest BCUT2D eigenvalue weighted by molar-refractivity contribution is 0.0533. The van der Waals surface area contributed by atoms with E-state index in [1.54, 1.807) is 6.07 Å². The van der Waals surface area contributed by atoms with Crippen molar-refractivity contribution in [3.8, 4) is 5.75 Å². The molecular formula is C9H10Br2O3. The predicted molar refractivity (Wildman–Crippen MR) is 60.4 cm³/mol. The third kappa shape index (κ3) is 3.57. The van der Waals surface area contributed by atoms with Gasteiger partial charge in [-0.3, -0.25) is 0 Å². The van der Waals surface area contributed by atoms with Gasteiger partial charge in [-0.15, -0.1) is 0 Å². The Morgan fingerprint density at radius 3 is 2.64 bits per heavy atom. The summed E-state index contributed by atoms with van der Waals surface area (Å²) in [5.41, 5.74) is 0. The van der Waals surface area contributed by atoms with Crippen molar-refractivity contribution < 1.29 is 14.9 Å². The van der Waals surface area contributed by atoms with E-state index in [2.05, 4.69) is 31.9 Å². The molecule has 0 bridgehead atoms. The van der Waals surface area contributed by atoms with Crippen LogP contribution in [-0.2, 0) is 0 Å². The lowest BCUT2D eigenvalue weighted by atomic mass is 10.3. The molecule has 3 nitrogen and oxygen atoms in total. The zero-order valence-corrected chi connectivity index (χ0v) is 10.5. The van der Waals surface area contributed by atoms with Crippen LogP contribution < -0.4 is 4.74 Å². The molecule has 0 aliphatic heterocycles. The average molecular weight is 326 g/mol. The van der Waals surface area contributed by atoms with Gasteiger partial charge in [-0.25, -0.2) is 0 Å². The molecule has 14 heavy (non-hydrogen) atoms. The summed E-state index contributed by atoms with van der Waals surface area (Å²) in [6.45, 7) is -0.217. The van der Waals surface area contributed by atoms with Gasteiger partial charge < -0.3 is 14.9 Å². The fourth-order valence-corrected chi connectivity index (χ4v) is 1.99. The van der Waals surface area contributed by atoms with E-state index in [4.69, 9.17) is 14.9 Å². The fourth-order valence-electron chi connectivity index (χ4n) is 0.831. The number of benzene rings is 1. The molecule has 0 heterocycles. The highest BCUT2D eigenvalue weighted by molar-refractivity contribution is 9.11. The molecule has 78 valence electrons. The standard InChI is InChI=1S/C9H10Br2O3/c10-6-1-2-9(8(11)3-6)14-5-7(13)4-12/h1-3,7,12-13H,4-5H2/t7-/m0/s1. The first-order valence-corrected chi connectivity index (χ1v) is 5.59. The maximum atomic E-state index is 9.07. The smallest absolute Gasteiger partial charge is 0.133 e. The third-order valence-electron chi connectivity index (χ3n) is 1.54. The van der Waals surface area contributed by atoms with Gasteiger partial charge in [-0.1, -0.05) is 15.9 Å². The van der Waals surface area contributed by atoms with E-state index in [1.807, 2.05) is 12.1 Å². The first-order chi connectivity index (χ1) is 6.63. The molecule has 0 aliphatic rings. The molecule has 0 aliphatic carbocycles. The normalized spacial score (nSPS) is 12.6. The van der Waals surface area contributed by atoms with Crippen molar-refractivity contribution in [2.24, 2.45) is 0 Å². The number of rotatable bonds is 4. The Balaban J connectivity index is 2.59. The Hall–Kier alpha value is -0.100. The fraction of sp³-hybridized carbons (Fsp3) is 0.333. The summed E-state index contributed by atoms with van der Waals surface area (Å²) in [5.74, 6) is 0.640. The van der Waals surface area contributed by atoms with Gasteiger partial charge in [0.25, 0.3) is 0 Å². The SMILES string of the molecule is OC[C@H](O)COc1ccc(Br)cc1Br. The molecule has 5 heteroatoms. The molecule has 2 N–H and O–H groups in total. The average Bonchev–Trinajstić information content (AvgIpc) is 2.16. The molecule has 0 saturated carbocycles. The molecule has 0 radical (unpaired) electrons. The summed E-state index contributed by atoms with van der Waals surface area (Å²) in [6.07, 6.45) is -0.842. The van der Waals surface area contributed by atoms with Gasteiger partial charge >= 0.3 is 0 Å². The van der Waals surface area contributed by atoms with Crippen LogP contribution in [-0.4, -0.2) is 29.5 Å². The van der Waals surface area contributed by atoms with E-state index in [1.165, 1.54) is 0 Å². The lowest BCUT2D eigenvalue weighted by Crippen LogP contribution is -2.21. The van der Waals surface area contributed by atoms with Gasteiger partial charge in [0.1, 0.15) is 18.5 Å². The second-order valence-electron chi connectivity index (χ2n) is 2.72. The maximum absolute atomic E-state index is 9.07. The Labute approximate surface area is 99.0 Å². The highest BCUT2D eigenvalue weighted by Crippen LogP contribution is 2.28. The lowest BCUT2D eigenvalue weighted by Gasteiger charge is -2.11. The van der Waals surface area contributed by atoms with Crippen molar-refractivity contribution in [1.82, 2.24) is 0 Å². The molecule has 1 atom stereocenters. The van der Waals surface area contributed by atoms with Crippen molar-refractivity contribution in [2.45, 2.75) is 6.10 Å². The molecule has 0 spiro atoms. The molecule has 0 aromatic heterocycles. The Bertz CT molecular complexity index is 304. The molecule has 1 aromatic carbocycles. The zero-order valence-electron chi connectivity index (χ0n) is 7.28. The topological polar surface area (TPSA) is 49.7 Å². The van der Waals surface area contributed by atoms with E-state index in [0.29, 0.717) is 5.75 Å². The summed E-state index contributed by atoms with van der Waals surface area (Å²) in [7, 11) is 0. The van der Waals surface area contributed by atoms with Crippen LogP contribution in [0, 0.1) is 0 Å². The number of aliphatic hydroxyl groups excluding tert-OH is 2. The van der Waals surface area contributed by atoms with E-state index in [-0.39, 0.29) is 13.2 Å². The van der Waals surface area contributed by atoms with Crippen LogP contribution in [0.25, 0.3) is 0 Å². The van der Waals surface area contributed by atoms with E-state index in [0.717, 1.165) is 8.95 Å². The summed E-state index contributed by atoms with van der Waals surface area (Å²) in [6, 6.07) is 5.46. The van der Waals surface area contributed by atoms with Crippen LogP contribution in [0.1, 0.15) is 0 Å². The Kier molecular flexibility index (Phi) is 4.88. The van der Waals surface area contributed by atoms with Crippen LogP contribution in [0.15, 0.2) is 27.1 Å². The monoisotopic (exact) mass is 324 g/mol. The van der Waals surface area contributed by atoms with E-state index >= 15 is 0 Å². The minimum absolute atomic E-state index is 0.0801. The second-order valence-corrected chi connectivity index (χ2v) is 4.49. The molecule has 0 saturated heterocycles. The summed E-state index contributed by atoms with van der Waals surface area (Å²) in [4.78, 5) is 0. The Morgan fingerprint density at radius 2 is 2.07 bits per heavy atom. The van der Waals surface area contributed by atoms with Crippen molar-refractivity contribution in [3.05, 3.63) is 27.1 Å². The minimum atomic E-state index is -0.842. The first-order valence-electron chi connectivity index (χ1n) is 4.00. The van der Waals surface area contributed by atoms with E-state index < -0.39 is 6.10 Å². The summed E-state index contributed by atoms with van der Waals surface area (Å²) < 4.78 is 7.01. The molecular weight excluding hydrogens is 316 g/mol. The summed E-state index contributed by atoms with van der Waals surface area (Å²) >= 11 is 6.64. The Morgan fingerprint density at radius 1 is 1.36 bits per heavy atom. The highest BCUT2D eigenvalue weighted by atomic mass is 79.9. The molecule has 0 amide bonds. The predicted octanol–water partition coefficient (Wildman–Crippen LogP) is 1.94. The highest BCUT2D eigenvalue weighted by Gasteiger charge is 2.05. The molecule has 0 fully saturated rings. The molecule has 1 aromatic rings. The van der Waals surface area contributed by atoms with Gasteiger partial charge in [0.2, 0.25) is 0 Å². The number of hydrogen-bond donors (Lipinski definition) is 2.